The zero-order valence-electron chi connectivity index (χ0n) is 6.69. The molecular weight excluding hydrogens is 198 g/mol. The van der Waals surface area contributed by atoms with Crippen LogP contribution in [0.25, 0.3) is 0 Å². The fourth-order valence-corrected chi connectivity index (χ4v) is 1.18. The minimum Gasteiger partial charge on any atom is -0.303 e. The Bertz CT molecular complexity index is 326. The van der Waals surface area contributed by atoms with E-state index in [1.807, 2.05) is 0 Å². The van der Waals surface area contributed by atoms with Crippen LogP contribution in [0.1, 0.15) is 12.0 Å². The van der Waals surface area contributed by atoms with Crippen LogP contribution in [0.3, 0.4) is 0 Å². The third-order valence-corrected chi connectivity index (χ3v) is 1.94. The van der Waals surface area contributed by atoms with Gasteiger partial charge >= 0.3 is 0 Å². The van der Waals surface area contributed by atoms with E-state index in [0.717, 1.165) is 12.1 Å². The van der Waals surface area contributed by atoms with E-state index in [4.69, 9.17) is 11.6 Å². The van der Waals surface area contributed by atoms with Crippen LogP contribution < -0.4 is 0 Å². The van der Waals surface area contributed by atoms with Crippen molar-refractivity contribution in [2.75, 3.05) is 0 Å². The van der Waals surface area contributed by atoms with Gasteiger partial charge in [0.25, 0.3) is 0 Å². The zero-order chi connectivity index (χ0) is 9.84. The molecule has 0 saturated carbocycles. The summed E-state index contributed by atoms with van der Waals surface area (Å²) >= 11 is 5.43. The molecule has 0 amide bonds. The first-order chi connectivity index (χ1) is 6.16. The average molecular weight is 205 g/mol. The van der Waals surface area contributed by atoms with Crippen molar-refractivity contribution >= 4 is 17.9 Å². The van der Waals surface area contributed by atoms with Crippen LogP contribution in [-0.4, -0.2) is 6.29 Å². The predicted molar refractivity (Wildman–Crippen MR) is 45.8 cm³/mol. The van der Waals surface area contributed by atoms with Gasteiger partial charge in [-0.15, -0.1) is 0 Å². The molecule has 0 bridgehead atoms. The molecule has 0 spiro atoms. The number of aldehydes is 1. The van der Waals surface area contributed by atoms with Crippen molar-refractivity contribution in [3.8, 4) is 0 Å². The molecule has 0 atom stereocenters. The molecule has 0 saturated heterocycles. The van der Waals surface area contributed by atoms with E-state index in [-0.39, 0.29) is 23.4 Å². The third kappa shape index (κ3) is 2.25. The lowest BCUT2D eigenvalue weighted by molar-refractivity contribution is -0.107. The molecule has 0 unspecified atom stereocenters. The van der Waals surface area contributed by atoms with Crippen molar-refractivity contribution in [2.24, 2.45) is 0 Å². The van der Waals surface area contributed by atoms with Gasteiger partial charge in [0.15, 0.2) is 0 Å². The fourth-order valence-electron chi connectivity index (χ4n) is 1.00. The maximum Gasteiger partial charge on any atom is 0.147 e. The summed E-state index contributed by atoms with van der Waals surface area (Å²) in [4.78, 5) is 10.0. The molecule has 0 heterocycles. The van der Waals surface area contributed by atoms with Crippen LogP contribution in [0, 0.1) is 11.6 Å². The van der Waals surface area contributed by atoms with Crippen LogP contribution in [-0.2, 0) is 11.2 Å². The second-order valence-electron chi connectivity index (χ2n) is 2.53. The van der Waals surface area contributed by atoms with Gasteiger partial charge in [0, 0.05) is 12.0 Å². The highest BCUT2D eigenvalue weighted by Gasteiger charge is 2.11. The smallest absolute Gasteiger partial charge is 0.147 e. The first-order valence-corrected chi connectivity index (χ1v) is 4.10. The summed E-state index contributed by atoms with van der Waals surface area (Å²) < 4.78 is 26.0. The fraction of sp³-hybridized carbons (Fsp3) is 0.222. The Morgan fingerprint density at radius 2 is 2.08 bits per heavy atom. The first kappa shape index (κ1) is 10.1. The summed E-state index contributed by atoms with van der Waals surface area (Å²) in [5.74, 6) is -1.44. The minimum atomic E-state index is -0.775. The highest BCUT2D eigenvalue weighted by molar-refractivity contribution is 6.30. The summed E-state index contributed by atoms with van der Waals surface area (Å²) in [6.45, 7) is 0. The average Bonchev–Trinajstić information content (AvgIpc) is 2.12. The Morgan fingerprint density at radius 3 is 2.69 bits per heavy atom. The molecule has 0 aromatic heterocycles. The van der Waals surface area contributed by atoms with E-state index in [1.165, 1.54) is 0 Å². The summed E-state index contributed by atoms with van der Waals surface area (Å²) in [7, 11) is 0. The monoisotopic (exact) mass is 204 g/mol. The van der Waals surface area contributed by atoms with E-state index < -0.39 is 11.6 Å². The van der Waals surface area contributed by atoms with Gasteiger partial charge in [-0.3, -0.25) is 0 Å². The van der Waals surface area contributed by atoms with Crippen LogP contribution >= 0.6 is 11.6 Å². The van der Waals surface area contributed by atoms with Crippen LogP contribution in [0.15, 0.2) is 12.1 Å². The van der Waals surface area contributed by atoms with E-state index in [1.54, 1.807) is 0 Å². The third-order valence-electron chi connectivity index (χ3n) is 1.65. The SMILES string of the molecule is O=CCCc1c(F)ccc(Cl)c1F. The van der Waals surface area contributed by atoms with Crippen molar-refractivity contribution in [1.82, 2.24) is 0 Å². The first-order valence-electron chi connectivity index (χ1n) is 3.73. The highest BCUT2D eigenvalue weighted by Crippen LogP contribution is 2.21. The van der Waals surface area contributed by atoms with Gasteiger partial charge in [-0.1, -0.05) is 11.6 Å². The van der Waals surface area contributed by atoms with Crippen LogP contribution in [0.2, 0.25) is 5.02 Å². The largest absolute Gasteiger partial charge is 0.303 e. The lowest BCUT2D eigenvalue weighted by Gasteiger charge is -2.03. The number of hydrogen-bond donors (Lipinski definition) is 0. The molecule has 0 N–H and O–H groups in total. The topological polar surface area (TPSA) is 17.1 Å². The Hall–Kier alpha value is -0.960. The molecule has 70 valence electrons. The second kappa shape index (κ2) is 4.33. The molecule has 0 aliphatic carbocycles. The predicted octanol–water partition coefficient (Wildman–Crippen LogP) is 2.75. The van der Waals surface area contributed by atoms with Gasteiger partial charge in [0.05, 0.1) is 5.02 Å². The lowest BCUT2D eigenvalue weighted by atomic mass is 10.1. The number of rotatable bonds is 3. The summed E-state index contributed by atoms with van der Waals surface area (Å²) in [5.41, 5.74) is -0.125. The molecule has 1 rings (SSSR count). The van der Waals surface area contributed by atoms with E-state index >= 15 is 0 Å². The molecule has 13 heavy (non-hydrogen) atoms. The van der Waals surface area contributed by atoms with Crippen molar-refractivity contribution in [3.63, 3.8) is 0 Å². The van der Waals surface area contributed by atoms with E-state index in [9.17, 15) is 13.6 Å². The number of hydrogen-bond acceptors (Lipinski definition) is 1. The van der Waals surface area contributed by atoms with Crippen molar-refractivity contribution in [2.45, 2.75) is 12.8 Å². The van der Waals surface area contributed by atoms with Gasteiger partial charge in [0.2, 0.25) is 0 Å². The molecule has 1 aromatic carbocycles. The van der Waals surface area contributed by atoms with E-state index in [0.29, 0.717) is 6.29 Å². The van der Waals surface area contributed by atoms with Gasteiger partial charge in [-0.2, -0.15) is 0 Å². The number of carbonyl (C=O) groups excluding carboxylic acids is 1. The highest BCUT2D eigenvalue weighted by atomic mass is 35.5. The molecule has 4 heteroatoms. The Kier molecular flexibility index (Phi) is 3.37. The molecule has 0 fully saturated rings. The number of carbonyl (C=O) groups is 1. The Labute approximate surface area is 79.3 Å². The number of halogens is 3. The van der Waals surface area contributed by atoms with Gasteiger partial charge in [-0.25, -0.2) is 8.78 Å². The van der Waals surface area contributed by atoms with E-state index in [2.05, 4.69) is 0 Å². The van der Waals surface area contributed by atoms with Gasteiger partial charge < -0.3 is 4.79 Å². The normalized spacial score (nSPS) is 10.1. The molecule has 0 radical (unpaired) electrons. The Morgan fingerprint density at radius 1 is 1.38 bits per heavy atom. The quantitative estimate of drug-likeness (QED) is 0.547. The standard InChI is InChI=1S/C9H7ClF2O/c10-7-3-4-8(11)6(9(7)12)2-1-5-13/h3-5H,1-2H2. The van der Waals surface area contributed by atoms with Crippen molar-refractivity contribution in [1.29, 1.82) is 0 Å². The van der Waals surface area contributed by atoms with Crippen LogP contribution in [0.4, 0.5) is 8.78 Å². The lowest BCUT2D eigenvalue weighted by Crippen LogP contribution is -1.97. The summed E-state index contributed by atoms with van der Waals surface area (Å²) in [6, 6.07) is 2.24. The van der Waals surface area contributed by atoms with Gasteiger partial charge in [-0.05, 0) is 18.6 Å². The summed E-state index contributed by atoms with van der Waals surface area (Å²) in [6.07, 6.45) is 0.746. The summed E-state index contributed by atoms with van der Waals surface area (Å²) in [5, 5.41) is -0.123. The minimum absolute atomic E-state index is 0.0434. The molecule has 1 nitrogen and oxygen atoms in total. The molecular formula is C9H7ClF2O. The molecule has 1 aromatic rings. The molecule has 0 aliphatic rings. The Balaban J connectivity index is 3.02. The maximum absolute atomic E-state index is 13.1. The zero-order valence-corrected chi connectivity index (χ0v) is 7.44. The van der Waals surface area contributed by atoms with Crippen LogP contribution in [0.5, 0.6) is 0 Å². The van der Waals surface area contributed by atoms with Crippen molar-refractivity contribution < 1.29 is 13.6 Å². The van der Waals surface area contributed by atoms with Gasteiger partial charge in [0.1, 0.15) is 17.9 Å². The second-order valence-corrected chi connectivity index (χ2v) is 2.93. The number of benzene rings is 1. The molecule has 0 aliphatic heterocycles. The van der Waals surface area contributed by atoms with Crippen molar-refractivity contribution in [3.05, 3.63) is 34.4 Å². The maximum atomic E-state index is 13.1.